The SMILES string of the molecule is C=CC(C)Cc1c(C)c2ccccc2n1-c1ccc(-c2ccc(-n3c4c(c5ccccc53)C=CC=CC4)cc2)cc1. The minimum atomic E-state index is 0.411. The maximum Gasteiger partial charge on any atom is 0.0537 e. The third kappa shape index (κ3) is 4.28. The first-order valence-corrected chi connectivity index (χ1v) is 14.5. The normalized spacial score (nSPS) is 13.4. The Labute approximate surface area is 242 Å². The van der Waals surface area contributed by atoms with Crippen molar-refractivity contribution >= 4 is 27.9 Å². The van der Waals surface area contributed by atoms with E-state index in [9.17, 15) is 0 Å². The predicted octanol–water partition coefficient (Wildman–Crippen LogP) is 10.0. The van der Waals surface area contributed by atoms with Crippen LogP contribution in [0.25, 0.3) is 50.4 Å². The molecule has 1 aliphatic carbocycles. The molecule has 1 unspecified atom stereocenters. The lowest BCUT2D eigenvalue weighted by atomic mass is 10.0. The molecule has 0 aliphatic heterocycles. The lowest BCUT2D eigenvalue weighted by Gasteiger charge is -2.15. The Morgan fingerprint density at radius 3 is 1.98 bits per heavy atom. The van der Waals surface area contributed by atoms with Crippen LogP contribution < -0.4 is 0 Å². The first-order valence-electron chi connectivity index (χ1n) is 14.5. The first-order chi connectivity index (χ1) is 20.1. The van der Waals surface area contributed by atoms with Crippen molar-refractivity contribution in [3.63, 3.8) is 0 Å². The van der Waals surface area contributed by atoms with Gasteiger partial charge in [0.2, 0.25) is 0 Å². The number of nitrogens with zero attached hydrogens (tertiary/aromatic N) is 2. The number of aromatic nitrogens is 2. The van der Waals surface area contributed by atoms with Gasteiger partial charge in [-0.1, -0.05) is 98.0 Å². The molecule has 200 valence electrons. The predicted molar refractivity (Wildman–Crippen MR) is 175 cm³/mol. The van der Waals surface area contributed by atoms with Gasteiger partial charge >= 0.3 is 0 Å². The fourth-order valence-corrected chi connectivity index (χ4v) is 6.40. The Kier molecular flexibility index (Phi) is 6.32. The molecule has 7 rings (SSSR count). The van der Waals surface area contributed by atoms with Crippen molar-refractivity contribution in [2.45, 2.75) is 26.7 Å². The Morgan fingerprint density at radius 2 is 1.32 bits per heavy atom. The van der Waals surface area contributed by atoms with Crippen LogP contribution in [0, 0.1) is 12.8 Å². The van der Waals surface area contributed by atoms with Crippen molar-refractivity contribution in [3.8, 4) is 22.5 Å². The van der Waals surface area contributed by atoms with Crippen LogP contribution >= 0.6 is 0 Å². The fourth-order valence-electron chi connectivity index (χ4n) is 6.40. The van der Waals surface area contributed by atoms with Gasteiger partial charge in [0, 0.05) is 45.5 Å². The van der Waals surface area contributed by atoms with E-state index in [1.165, 1.54) is 66.8 Å². The summed E-state index contributed by atoms with van der Waals surface area (Å²) in [6, 6.07) is 35.5. The van der Waals surface area contributed by atoms with Gasteiger partial charge in [-0.05, 0) is 72.4 Å². The molecule has 0 saturated heterocycles. The summed E-state index contributed by atoms with van der Waals surface area (Å²) < 4.78 is 4.85. The summed E-state index contributed by atoms with van der Waals surface area (Å²) in [7, 11) is 0. The zero-order valence-corrected chi connectivity index (χ0v) is 23.7. The van der Waals surface area contributed by atoms with E-state index in [4.69, 9.17) is 0 Å². The van der Waals surface area contributed by atoms with Crippen molar-refractivity contribution < 1.29 is 0 Å². The molecule has 1 atom stereocenters. The lowest BCUT2D eigenvalue weighted by molar-refractivity contribution is 0.695. The molecule has 0 radical (unpaired) electrons. The van der Waals surface area contributed by atoms with Crippen LogP contribution in [0.15, 0.2) is 128 Å². The number of para-hydroxylation sites is 2. The minimum absolute atomic E-state index is 0.411. The molecule has 2 nitrogen and oxygen atoms in total. The molecule has 0 amide bonds. The summed E-state index contributed by atoms with van der Waals surface area (Å²) in [6.45, 7) is 8.52. The molecule has 2 aromatic heterocycles. The number of rotatable bonds is 6. The molecule has 0 spiro atoms. The number of hydrogen-bond donors (Lipinski definition) is 0. The Balaban J connectivity index is 1.25. The molecule has 41 heavy (non-hydrogen) atoms. The zero-order valence-electron chi connectivity index (χ0n) is 23.7. The van der Waals surface area contributed by atoms with Gasteiger partial charge in [0.25, 0.3) is 0 Å². The first kappa shape index (κ1) is 25.2. The molecular weight excluding hydrogens is 496 g/mol. The molecule has 0 fully saturated rings. The highest BCUT2D eigenvalue weighted by Gasteiger charge is 2.18. The highest BCUT2D eigenvalue weighted by Crippen LogP contribution is 2.34. The highest BCUT2D eigenvalue weighted by atomic mass is 15.0. The van der Waals surface area contributed by atoms with Crippen molar-refractivity contribution in [2.75, 3.05) is 0 Å². The summed E-state index contributed by atoms with van der Waals surface area (Å²) in [5, 5.41) is 2.62. The van der Waals surface area contributed by atoms with Crippen molar-refractivity contribution in [1.29, 1.82) is 0 Å². The molecule has 4 aromatic carbocycles. The van der Waals surface area contributed by atoms with E-state index < -0.39 is 0 Å². The summed E-state index contributed by atoms with van der Waals surface area (Å²) in [4.78, 5) is 0. The topological polar surface area (TPSA) is 9.86 Å². The van der Waals surface area contributed by atoms with E-state index >= 15 is 0 Å². The quantitative estimate of drug-likeness (QED) is 0.190. The van der Waals surface area contributed by atoms with Crippen molar-refractivity contribution in [1.82, 2.24) is 9.13 Å². The Morgan fingerprint density at radius 1 is 0.732 bits per heavy atom. The summed E-state index contributed by atoms with van der Waals surface area (Å²) in [6.07, 6.45) is 12.7. The molecule has 0 bridgehead atoms. The van der Waals surface area contributed by atoms with Gasteiger partial charge in [-0.25, -0.2) is 0 Å². The van der Waals surface area contributed by atoms with Gasteiger partial charge in [0.05, 0.1) is 11.0 Å². The number of benzene rings is 4. The number of aryl methyl sites for hydroxylation is 1. The van der Waals surface area contributed by atoms with Crippen LogP contribution in [-0.4, -0.2) is 9.13 Å². The van der Waals surface area contributed by atoms with E-state index in [1.54, 1.807) is 0 Å². The van der Waals surface area contributed by atoms with Crippen LogP contribution in [0.5, 0.6) is 0 Å². The second kappa shape index (κ2) is 10.3. The van der Waals surface area contributed by atoms with Crippen LogP contribution in [0.4, 0.5) is 0 Å². The van der Waals surface area contributed by atoms with E-state index in [1.807, 2.05) is 0 Å². The van der Waals surface area contributed by atoms with E-state index in [0.29, 0.717) is 5.92 Å². The minimum Gasteiger partial charge on any atom is -0.313 e. The number of fused-ring (bicyclic) bond motifs is 4. The highest BCUT2D eigenvalue weighted by molar-refractivity contribution is 5.93. The summed E-state index contributed by atoms with van der Waals surface area (Å²) >= 11 is 0. The van der Waals surface area contributed by atoms with Crippen LogP contribution in [-0.2, 0) is 12.8 Å². The number of hydrogen-bond acceptors (Lipinski definition) is 0. The average Bonchev–Trinajstić information content (AvgIpc) is 3.34. The molecule has 0 N–H and O–H groups in total. The second-order valence-corrected chi connectivity index (χ2v) is 11.1. The molecular formula is C39H34N2. The van der Waals surface area contributed by atoms with Crippen molar-refractivity contribution in [2.24, 2.45) is 5.92 Å². The number of allylic oxidation sites excluding steroid dienone is 4. The Hall–Kier alpha value is -4.82. The maximum atomic E-state index is 4.03. The molecule has 2 heteroatoms. The molecule has 6 aromatic rings. The van der Waals surface area contributed by atoms with E-state index in [0.717, 1.165) is 12.8 Å². The van der Waals surface area contributed by atoms with Crippen LogP contribution in [0.1, 0.15) is 29.4 Å². The largest absolute Gasteiger partial charge is 0.313 e. The zero-order chi connectivity index (χ0) is 27.9. The average molecular weight is 531 g/mol. The van der Waals surface area contributed by atoms with Crippen LogP contribution in [0.2, 0.25) is 0 Å². The standard InChI is InChI=1S/C39H34N2/c1-4-27(2)26-39-28(3)33-12-8-10-16-36(33)41(39)32-24-20-30(21-25-32)29-18-22-31(23-19-29)40-37-15-7-5-6-13-34(37)35-14-9-11-17-38(35)40/h4-14,16-25,27H,1,15,26H2,2-3H3. The van der Waals surface area contributed by atoms with E-state index in [2.05, 4.69) is 157 Å². The smallest absolute Gasteiger partial charge is 0.0537 e. The van der Waals surface area contributed by atoms with Crippen molar-refractivity contribution in [3.05, 3.63) is 150 Å². The van der Waals surface area contributed by atoms with E-state index in [-0.39, 0.29) is 0 Å². The molecule has 0 saturated carbocycles. The third-order valence-electron chi connectivity index (χ3n) is 8.59. The van der Waals surface area contributed by atoms with Crippen LogP contribution in [0.3, 0.4) is 0 Å². The van der Waals surface area contributed by atoms with Gasteiger partial charge in [0.1, 0.15) is 0 Å². The van der Waals surface area contributed by atoms with Gasteiger partial charge in [-0.3, -0.25) is 0 Å². The lowest BCUT2D eigenvalue weighted by Crippen LogP contribution is -2.05. The summed E-state index contributed by atoms with van der Waals surface area (Å²) in [5.41, 5.74) is 12.7. The fraction of sp³-hybridized carbons (Fsp3) is 0.128. The van der Waals surface area contributed by atoms with Gasteiger partial charge in [-0.2, -0.15) is 0 Å². The van der Waals surface area contributed by atoms with Gasteiger partial charge in [0.15, 0.2) is 0 Å². The monoisotopic (exact) mass is 530 g/mol. The second-order valence-electron chi connectivity index (χ2n) is 11.1. The third-order valence-corrected chi connectivity index (χ3v) is 8.59. The molecule has 1 aliphatic rings. The molecule has 2 heterocycles. The van der Waals surface area contributed by atoms with Gasteiger partial charge in [-0.15, -0.1) is 6.58 Å². The Bertz CT molecular complexity index is 1960. The van der Waals surface area contributed by atoms with Gasteiger partial charge < -0.3 is 9.13 Å². The maximum absolute atomic E-state index is 4.03. The summed E-state index contributed by atoms with van der Waals surface area (Å²) in [5.74, 6) is 0.411.